The van der Waals surface area contributed by atoms with Crippen LogP contribution >= 0.6 is 0 Å². The molecule has 3 heteroatoms. The highest BCUT2D eigenvalue weighted by Gasteiger charge is 2.15. The molecule has 0 aromatic heterocycles. The van der Waals surface area contributed by atoms with Crippen LogP contribution in [0.3, 0.4) is 0 Å². The third kappa shape index (κ3) is 6.20. The van der Waals surface area contributed by atoms with E-state index in [0.717, 1.165) is 25.9 Å². The Morgan fingerprint density at radius 1 is 1.39 bits per heavy atom. The molecular formula is C15H28N2O. The van der Waals surface area contributed by atoms with Crippen LogP contribution in [0.15, 0.2) is 12.2 Å². The van der Waals surface area contributed by atoms with E-state index in [2.05, 4.69) is 29.7 Å². The van der Waals surface area contributed by atoms with Gasteiger partial charge in [-0.1, -0.05) is 31.9 Å². The molecule has 0 radical (unpaired) electrons. The van der Waals surface area contributed by atoms with E-state index in [4.69, 9.17) is 0 Å². The van der Waals surface area contributed by atoms with Gasteiger partial charge >= 0.3 is 0 Å². The number of rotatable bonds is 8. The zero-order chi connectivity index (χ0) is 13.2. The minimum atomic E-state index is -0.0717. The van der Waals surface area contributed by atoms with E-state index in [-0.39, 0.29) is 11.9 Å². The maximum Gasteiger partial charge on any atom is 0.236 e. The van der Waals surface area contributed by atoms with Gasteiger partial charge in [0, 0.05) is 6.54 Å². The van der Waals surface area contributed by atoms with Gasteiger partial charge in [0.1, 0.15) is 0 Å². The van der Waals surface area contributed by atoms with Crippen molar-refractivity contribution >= 4 is 5.91 Å². The van der Waals surface area contributed by atoms with Crippen molar-refractivity contribution < 1.29 is 4.79 Å². The van der Waals surface area contributed by atoms with E-state index < -0.39 is 0 Å². The molecule has 0 heterocycles. The summed E-state index contributed by atoms with van der Waals surface area (Å²) in [6.45, 7) is 5.89. The lowest BCUT2D eigenvalue weighted by Gasteiger charge is -2.21. The van der Waals surface area contributed by atoms with Crippen LogP contribution in [0.2, 0.25) is 0 Å². The van der Waals surface area contributed by atoms with Gasteiger partial charge in [0.2, 0.25) is 5.91 Å². The molecule has 18 heavy (non-hydrogen) atoms. The average Bonchev–Trinajstić information content (AvgIpc) is 2.42. The molecule has 1 rings (SSSR count). The highest BCUT2D eigenvalue weighted by molar-refractivity contribution is 5.81. The van der Waals surface area contributed by atoms with Crippen molar-refractivity contribution in [3.05, 3.63) is 12.2 Å². The fourth-order valence-electron chi connectivity index (χ4n) is 2.22. The van der Waals surface area contributed by atoms with E-state index in [9.17, 15) is 4.79 Å². The highest BCUT2D eigenvalue weighted by atomic mass is 16.2. The van der Waals surface area contributed by atoms with Gasteiger partial charge in [-0.3, -0.25) is 4.79 Å². The molecule has 0 fully saturated rings. The molecule has 104 valence electrons. The van der Waals surface area contributed by atoms with Crippen molar-refractivity contribution in [2.24, 2.45) is 5.92 Å². The minimum absolute atomic E-state index is 0.0717. The van der Waals surface area contributed by atoms with Crippen LogP contribution in [-0.2, 0) is 4.79 Å². The molecule has 1 aliphatic carbocycles. The summed E-state index contributed by atoms with van der Waals surface area (Å²) >= 11 is 0. The predicted octanol–water partition coefficient (Wildman–Crippen LogP) is 2.63. The quantitative estimate of drug-likeness (QED) is 0.515. The molecule has 0 saturated heterocycles. The van der Waals surface area contributed by atoms with E-state index in [1.54, 1.807) is 0 Å². The normalized spacial score (nSPS) is 20.7. The largest absolute Gasteiger partial charge is 0.355 e. The van der Waals surface area contributed by atoms with Gasteiger partial charge in [-0.2, -0.15) is 0 Å². The summed E-state index contributed by atoms with van der Waals surface area (Å²) in [5.74, 6) is 0.836. The Bertz CT molecular complexity index is 263. The molecule has 1 aliphatic rings. The third-order valence-electron chi connectivity index (χ3n) is 3.56. The van der Waals surface area contributed by atoms with Crippen LogP contribution in [0.1, 0.15) is 52.4 Å². The number of unbranched alkanes of at least 4 members (excludes halogenated alkanes) is 2. The van der Waals surface area contributed by atoms with Gasteiger partial charge in [-0.05, 0) is 45.1 Å². The van der Waals surface area contributed by atoms with Crippen molar-refractivity contribution in [1.82, 2.24) is 10.6 Å². The fourth-order valence-corrected chi connectivity index (χ4v) is 2.22. The molecule has 0 aliphatic heterocycles. The summed E-state index contributed by atoms with van der Waals surface area (Å²) in [4.78, 5) is 11.8. The van der Waals surface area contributed by atoms with Gasteiger partial charge in [-0.25, -0.2) is 0 Å². The average molecular weight is 252 g/mol. The third-order valence-corrected chi connectivity index (χ3v) is 3.56. The van der Waals surface area contributed by atoms with Gasteiger partial charge in [0.15, 0.2) is 0 Å². The molecule has 2 N–H and O–H groups in total. The summed E-state index contributed by atoms with van der Waals surface area (Å²) in [5.41, 5.74) is 0. The minimum Gasteiger partial charge on any atom is -0.355 e. The Morgan fingerprint density at radius 2 is 2.22 bits per heavy atom. The second kappa shape index (κ2) is 9.15. The number of amides is 1. The lowest BCUT2D eigenvalue weighted by atomic mass is 9.94. The Hall–Kier alpha value is -0.830. The van der Waals surface area contributed by atoms with Crippen LogP contribution in [0.25, 0.3) is 0 Å². The predicted molar refractivity (Wildman–Crippen MR) is 76.5 cm³/mol. The second-order valence-corrected chi connectivity index (χ2v) is 5.28. The molecule has 1 amide bonds. The summed E-state index contributed by atoms with van der Waals surface area (Å²) < 4.78 is 0. The van der Waals surface area contributed by atoms with E-state index in [1.165, 1.54) is 25.7 Å². The molecule has 0 aromatic carbocycles. The molecule has 3 nitrogen and oxygen atoms in total. The second-order valence-electron chi connectivity index (χ2n) is 5.28. The zero-order valence-electron chi connectivity index (χ0n) is 11.9. The zero-order valence-corrected chi connectivity index (χ0v) is 11.9. The Kier molecular flexibility index (Phi) is 7.74. The summed E-state index contributed by atoms with van der Waals surface area (Å²) in [7, 11) is 0. The molecule has 0 bridgehead atoms. The number of hydrogen-bond donors (Lipinski definition) is 2. The first-order valence-electron chi connectivity index (χ1n) is 7.40. The van der Waals surface area contributed by atoms with Gasteiger partial charge in [0.25, 0.3) is 0 Å². The number of nitrogens with one attached hydrogen (secondary N) is 2. The van der Waals surface area contributed by atoms with Gasteiger partial charge in [0.05, 0.1) is 6.04 Å². The molecule has 2 unspecified atom stereocenters. The van der Waals surface area contributed by atoms with Crippen LogP contribution < -0.4 is 10.6 Å². The lowest BCUT2D eigenvalue weighted by molar-refractivity contribution is -0.122. The van der Waals surface area contributed by atoms with Gasteiger partial charge < -0.3 is 10.6 Å². The summed E-state index contributed by atoms with van der Waals surface area (Å²) in [6.07, 6.45) is 11.6. The Morgan fingerprint density at radius 3 is 2.89 bits per heavy atom. The first kappa shape index (κ1) is 15.2. The fraction of sp³-hybridized carbons (Fsp3) is 0.800. The molecule has 0 saturated carbocycles. The van der Waals surface area contributed by atoms with Crippen molar-refractivity contribution in [2.75, 3.05) is 13.1 Å². The van der Waals surface area contributed by atoms with Crippen molar-refractivity contribution in [1.29, 1.82) is 0 Å². The maximum atomic E-state index is 11.8. The van der Waals surface area contributed by atoms with Crippen LogP contribution in [-0.4, -0.2) is 25.0 Å². The molecule has 0 aromatic rings. The summed E-state index contributed by atoms with van der Waals surface area (Å²) in [6, 6.07) is -0.0717. The topological polar surface area (TPSA) is 41.1 Å². The van der Waals surface area contributed by atoms with E-state index in [1.807, 2.05) is 6.92 Å². The smallest absolute Gasteiger partial charge is 0.236 e. The van der Waals surface area contributed by atoms with Crippen molar-refractivity contribution in [3.63, 3.8) is 0 Å². The van der Waals surface area contributed by atoms with Crippen molar-refractivity contribution in [3.8, 4) is 0 Å². The van der Waals surface area contributed by atoms with Gasteiger partial charge in [-0.15, -0.1) is 0 Å². The maximum absolute atomic E-state index is 11.8. The Labute approximate surface area is 111 Å². The first-order valence-corrected chi connectivity index (χ1v) is 7.40. The number of carbonyl (C=O) groups excluding carboxylic acids is 1. The molecule has 0 spiro atoms. The number of allylic oxidation sites excluding steroid dienone is 2. The molecular weight excluding hydrogens is 224 g/mol. The van der Waals surface area contributed by atoms with Crippen LogP contribution in [0.4, 0.5) is 0 Å². The standard InChI is InChI=1S/C15H28N2O/c1-3-4-8-11-16-15(18)13(2)17-12-14-9-6-5-7-10-14/h5-6,13-14,17H,3-4,7-12H2,1-2H3,(H,16,18). The van der Waals surface area contributed by atoms with Crippen molar-refractivity contribution in [2.45, 2.75) is 58.4 Å². The van der Waals surface area contributed by atoms with Crippen LogP contribution in [0.5, 0.6) is 0 Å². The first-order chi connectivity index (χ1) is 8.74. The Balaban J connectivity index is 2.09. The highest BCUT2D eigenvalue weighted by Crippen LogP contribution is 2.16. The lowest BCUT2D eigenvalue weighted by Crippen LogP contribution is -2.44. The summed E-state index contributed by atoms with van der Waals surface area (Å²) in [5, 5.41) is 6.34. The molecule has 2 atom stereocenters. The van der Waals surface area contributed by atoms with Crippen LogP contribution in [0, 0.1) is 5.92 Å². The number of carbonyl (C=O) groups is 1. The van der Waals surface area contributed by atoms with E-state index in [0.29, 0.717) is 5.92 Å². The SMILES string of the molecule is CCCCCNC(=O)C(C)NCC1CC=CCC1. The van der Waals surface area contributed by atoms with E-state index >= 15 is 0 Å². The monoisotopic (exact) mass is 252 g/mol. The number of hydrogen-bond acceptors (Lipinski definition) is 2.